The van der Waals surface area contributed by atoms with Crippen LogP contribution in [-0.4, -0.2) is 18.1 Å². The van der Waals surface area contributed by atoms with E-state index in [4.69, 9.17) is 16.3 Å². The van der Waals surface area contributed by atoms with Crippen molar-refractivity contribution in [3.8, 4) is 5.75 Å². The minimum atomic E-state index is -0.318. The molecular formula is C16H18ClFN2O. The Morgan fingerprint density at radius 3 is 2.81 bits per heavy atom. The van der Waals surface area contributed by atoms with E-state index in [1.807, 2.05) is 19.9 Å². The third kappa shape index (κ3) is 3.93. The highest BCUT2D eigenvalue weighted by Crippen LogP contribution is 2.28. The number of benzene rings is 1. The van der Waals surface area contributed by atoms with Crippen molar-refractivity contribution in [2.45, 2.75) is 19.9 Å². The van der Waals surface area contributed by atoms with Crippen molar-refractivity contribution in [1.29, 1.82) is 0 Å². The van der Waals surface area contributed by atoms with Gasteiger partial charge < -0.3 is 10.1 Å². The van der Waals surface area contributed by atoms with Crippen LogP contribution in [0.15, 0.2) is 36.7 Å². The number of aromatic nitrogens is 1. The first-order chi connectivity index (χ1) is 10.2. The number of nitrogens with one attached hydrogen (secondary N) is 1. The van der Waals surface area contributed by atoms with Crippen LogP contribution in [0.25, 0.3) is 0 Å². The van der Waals surface area contributed by atoms with E-state index in [0.29, 0.717) is 29.5 Å². The number of pyridine rings is 1. The van der Waals surface area contributed by atoms with Crippen molar-refractivity contribution < 1.29 is 9.13 Å². The Morgan fingerprint density at radius 2 is 2.10 bits per heavy atom. The van der Waals surface area contributed by atoms with Gasteiger partial charge in [0.2, 0.25) is 0 Å². The normalized spacial score (nSPS) is 12.2. The van der Waals surface area contributed by atoms with Crippen LogP contribution < -0.4 is 10.1 Å². The second-order valence-electron chi connectivity index (χ2n) is 4.54. The third-order valence-corrected chi connectivity index (χ3v) is 3.29. The Bertz CT molecular complexity index is 607. The molecule has 0 fully saturated rings. The lowest BCUT2D eigenvalue weighted by atomic mass is 9.99. The van der Waals surface area contributed by atoms with Gasteiger partial charge in [0.15, 0.2) is 0 Å². The summed E-state index contributed by atoms with van der Waals surface area (Å²) in [6, 6.07) is 6.10. The topological polar surface area (TPSA) is 34.2 Å². The van der Waals surface area contributed by atoms with E-state index < -0.39 is 0 Å². The van der Waals surface area contributed by atoms with Gasteiger partial charge in [-0.15, -0.1) is 0 Å². The average molecular weight is 309 g/mol. The molecule has 0 saturated carbocycles. The highest BCUT2D eigenvalue weighted by Gasteiger charge is 2.18. The minimum absolute atomic E-state index is 0.299. The van der Waals surface area contributed by atoms with Gasteiger partial charge in [-0.1, -0.05) is 18.5 Å². The van der Waals surface area contributed by atoms with Crippen LogP contribution in [0.1, 0.15) is 31.0 Å². The molecule has 1 atom stereocenters. The molecule has 0 radical (unpaired) electrons. The standard InChI is InChI=1S/C16H18ClFN2O/c1-3-20-16(14-8-12(17)5-6-15(14)18)11-7-13(21-4-2)10-19-9-11/h5-10,16,20H,3-4H2,1-2H3. The fourth-order valence-corrected chi connectivity index (χ4v) is 2.37. The van der Waals surface area contributed by atoms with Crippen molar-refractivity contribution in [1.82, 2.24) is 10.3 Å². The Morgan fingerprint density at radius 1 is 1.29 bits per heavy atom. The van der Waals surface area contributed by atoms with Crippen LogP contribution in [0.5, 0.6) is 5.75 Å². The molecular weight excluding hydrogens is 291 g/mol. The third-order valence-electron chi connectivity index (χ3n) is 3.06. The Labute approximate surface area is 129 Å². The van der Waals surface area contributed by atoms with Gasteiger partial charge in [-0.2, -0.15) is 0 Å². The first-order valence-corrected chi connectivity index (χ1v) is 7.29. The predicted molar refractivity (Wildman–Crippen MR) is 82.3 cm³/mol. The molecule has 1 aromatic carbocycles. The lowest BCUT2D eigenvalue weighted by molar-refractivity contribution is 0.338. The molecule has 2 aromatic rings. The van der Waals surface area contributed by atoms with Crippen LogP contribution in [0.2, 0.25) is 5.02 Å². The maximum Gasteiger partial charge on any atom is 0.137 e. The summed E-state index contributed by atoms with van der Waals surface area (Å²) in [5, 5.41) is 3.76. The zero-order chi connectivity index (χ0) is 15.2. The fourth-order valence-electron chi connectivity index (χ4n) is 2.19. The molecule has 1 N–H and O–H groups in total. The predicted octanol–water partition coefficient (Wildman–Crippen LogP) is 3.97. The van der Waals surface area contributed by atoms with E-state index in [-0.39, 0.29) is 11.9 Å². The molecule has 3 nitrogen and oxygen atoms in total. The van der Waals surface area contributed by atoms with Gasteiger partial charge in [0.05, 0.1) is 18.8 Å². The van der Waals surface area contributed by atoms with Crippen LogP contribution in [0.3, 0.4) is 0 Å². The summed E-state index contributed by atoms with van der Waals surface area (Å²) < 4.78 is 19.6. The summed E-state index contributed by atoms with van der Waals surface area (Å²) in [6.07, 6.45) is 3.35. The van der Waals surface area contributed by atoms with Crippen molar-refractivity contribution in [2.24, 2.45) is 0 Å². The molecule has 21 heavy (non-hydrogen) atoms. The smallest absolute Gasteiger partial charge is 0.137 e. The van der Waals surface area contributed by atoms with Crippen LogP contribution >= 0.6 is 11.6 Å². The summed E-state index contributed by atoms with van der Waals surface area (Å²) in [5.74, 6) is 0.368. The van der Waals surface area contributed by atoms with Crippen molar-refractivity contribution in [3.63, 3.8) is 0 Å². The SMILES string of the molecule is CCNC(c1cncc(OCC)c1)c1cc(Cl)ccc1F. The maximum absolute atomic E-state index is 14.1. The van der Waals surface area contributed by atoms with Gasteiger partial charge in [0.1, 0.15) is 11.6 Å². The molecule has 0 amide bonds. The van der Waals surface area contributed by atoms with Gasteiger partial charge in [-0.3, -0.25) is 4.98 Å². The average Bonchev–Trinajstić information content (AvgIpc) is 2.48. The summed E-state index contributed by atoms with van der Waals surface area (Å²) in [4.78, 5) is 4.16. The molecule has 112 valence electrons. The molecule has 0 spiro atoms. The van der Waals surface area contributed by atoms with Gasteiger partial charge in [0.25, 0.3) is 0 Å². The van der Waals surface area contributed by atoms with Gasteiger partial charge in [0, 0.05) is 16.8 Å². The van der Waals surface area contributed by atoms with Gasteiger partial charge in [-0.25, -0.2) is 4.39 Å². The number of hydrogen-bond donors (Lipinski definition) is 1. The number of rotatable bonds is 6. The van der Waals surface area contributed by atoms with E-state index in [1.54, 1.807) is 18.5 Å². The van der Waals surface area contributed by atoms with Crippen molar-refractivity contribution in [2.75, 3.05) is 13.2 Å². The Hall–Kier alpha value is -1.65. The number of nitrogens with zero attached hydrogens (tertiary/aromatic N) is 1. The first-order valence-electron chi connectivity index (χ1n) is 6.91. The Balaban J connectivity index is 2.42. The van der Waals surface area contributed by atoms with Gasteiger partial charge >= 0.3 is 0 Å². The van der Waals surface area contributed by atoms with Gasteiger partial charge in [-0.05, 0) is 43.3 Å². The zero-order valence-corrected chi connectivity index (χ0v) is 12.8. The molecule has 0 aliphatic heterocycles. The van der Waals surface area contributed by atoms with Crippen LogP contribution in [0, 0.1) is 5.82 Å². The fraction of sp³-hybridized carbons (Fsp3) is 0.312. The maximum atomic E-state index is 14.1. The lowest BCUT2D eigenvalue weighted by Crippen LogP contribution is -2.23. The largest absolute Gasteiger partial charge is 0.492 e. The monoisotopic (exact) mass is 308 g/mol. The molecule has 0 aliphatic carbocycles. The highest BCUT2D eigenvalue weighted by atomic mass is 35.5. The molecule has 0 saturated heterocycles. The quantitative estimate of drug-likeness (QED) is 0.876. The summed E-state index contributed by atoms with van der Waals surface area (Å²) >= 11 is 5.99. The molecule has 0 aliphatic rings. The number of halogens is 2. The first kappa shape index (κ1) is 15.7. The second-order valence-corrected chi connectivity index (χ2v) is 4.98. The van der Waals surface area contributed by atoms with E-state index in [0.717, 1.165) is 5.56 Å². The molecule has 1 unspecified atom stereocenters. The van der Waals surface area contributed by atoms with E-state index in [2.05, 4.69) is 10.3 Å². The van der Waals surface area contributed by atoms with Crippen LogP contribution in [-0.2, 0) is 0 Å². The molecule has 2 rings (SSSR count). The summed E-state index contributed by atoms with van der Waals surface area (Å²) in [7, 11) is 0. The minimum Gasteiger partial charge on any atom is -0.492 e. The summed E-state index contributed by atoms with van der Waals surface area (Å²) in [6.45, 7) is 5.12. The summed E-state index contributed by atoms with van der Waals surface area (Å²) in [5.41, 5.74) is 1.34. The highest BCUT2D eigenvalue weighted by molar-refractivity contribution is 6.30. The zero-order valence-electron chi connectivity index (χ0n) is 12.1. The van der Waals surface area contributed by atoms with E-state index in [1.165, 1.54) is 12.1 Å². The molecule has 1 heterocycles. The molecule has 1 aromatic heterocycles. The van der Waals surface area contributed by atoms with E-state index in [9.17, 15) is 4.39 Å². The second kappa shape index (κ2) is 7.38. The number of ether oxygens (including phenoxy) is 1. The van der Waals surface area contributed by atoms with Crippen molar-refractivity contribution >= 4 is 11.6 Å². The Kier molecular flexibility index (Phi) is 5.53. The van der Waals surface area contributed by atoms with E-state index >= 15 is 0 Å². The van der Waals surface area contributed by atoms with Crippen molar-refractivity contribution in [3.05, 3.63) is 58.6 Å². The molecule has 0 bridgehead atoms. The molecule has 5 heteroatoms. The van der Waals surface area contributed by atoms with Crippen LogP contribution in [0.4, 0.5) is 4.39 Å². The number of hydrogen-bond acceptors (Lipinski definition) is 3. The lowest BCUT2D eigenvalue weighted by Gasteiger charge is -2.20.